The van der Waals surface area contributed by atoms with E-state index in [1.165, 1.54) is 6.07 Å². The van der Waals surface area contributed by atoms with Crippen LogP contribution in [0.5, 0.6) is 5.75 Å². The summed E-state index contributed by atoms with van der Waals surface area (Å²) in [4.78, 5) is 25.0. The van der Waals surface area contributed by atoms with Crippen LogP contribution in [0, 0.1) is 6.92 Å². The summed E-state index contributed by atoms with van der Waals surface area (Å²) in [5.41, 5.74) is 0.554. The van der Waals surface area contributed by atoms with Crippen LogP contribution in [0.15, 0.2) is 57.8 Å². The predicted octanol–water partition coefficient (Wildman–Crippen LogP) is 2.25. The Morgan fingerprint density at radius 1 is 1.26 bits per heavy atom. The monoisotopic (exact) mass is 311 g/mol. The van der Waals surface area contributed by atoms with Gasteiger partial charge in [-0.25, -0.2) is 4.79 Å². The van der Waals surface area contributed by atoms with E-state index in [9.17, 15) is 9.59 Å². The Bertz CT molecular complexity index is 773. The van der Waals surface area contributed by atoms with E-state index in [1.807, 2.05) is 30.3 Å². The van der Waals surface area contributed by atoms with E-state index >= 15 is 0 Å². The molecule has 0 bridgehead atoms. The van der Waals surface area contributed by atoms with Crippen molar-refractivity contribution in [3.05, 3.63) is 70.3 Å². The van der Waals surface area contributed by atoms with Crippen LogP contribution < -0.4 is 10.4 Å². The SMILES string of the molecule is Cc1cc(OC2CN(C(=O)C=Cc3ccccc3)C2)cc(=O)o1. The molecule has 1 amide bonds. The minimum Gasteiger partial charge on any atom is -0.486 e. The summed E-state index contributed by atoms with van der Waals surface area (Å²) in [5.74, 6) is 0.943. The van der Waals surface area contributed by atoms with Crippen molar-refractivity contribution in [3.63, 3.8) is 0 Å². The van der Waals surface area contributed by atoms with Gasteiger partial charge < -0.3 is 14.1 Å². The Hall–Kier alpha value is -2.82. The average molecular weight is 311 g/mol. The molecule has 1 aromatic carbocycles. The van der Waals surface area contributed by atoms with Gasteiger partial charge in [-0.15, -0.1) is 0 Å². The number of benzene rings is 1. The lowest BCUT2D eigenvalue weighted by Crippen LogP contribution is -2.55. The first kappa shape index (κ1) is 15.1. The predicted molar refractivity (Wildman–Crippen MR) is 86.2 cm³/mol. The van der Waals surface area contributed by atoms with Gasteiger partial charge in [-0.2, -0.15) is 0 Å². The molecule has 3 rings (SSSR count). The van der Waals surface area contributed by atoms with Crippen molar-refractivity contribution in [2.45, 2.75) is 13.0 Å². The first-order valence-corrected chi connectivity index (χ1v) is 7.40. The molecule has 1 aliphatic heterocycles. The summed E-state index contributed by atoms with van der Waals surface area (Å²) in [6.07, 6.45) is 3.26. The van der Waals surface area contributed by atoms with Gasteiger partial charge in [0.1, 0.15) is 17.6 Å². The Morgan fingerprint density at radius 2 is 2.00 bits per heavy atom. The quantitative estimate of drug-likeness (QED) is 0.813. The summed E-state index contributed by atoms with van der Waals surface area (Å²) >= 11 is 0. The standard InChI is InChI=1S/C18H17NO4/c1-13-9-15(10-18(21)22-13)23-16-11-19(12-16)17(20)8-7-14-5-3-2-4-6-14/h2-10,16H,11-12H2,1H3. The number of hydrogen-bond donors (Lipinski definition) is 0. The molecule has 0 atom stereocenters. The normalized spacial score (nSPS) is 14.7. The van der Waals surface area contributed by atoms with Gasteiger partial charge in [0, 0.05) is 12.1 Å². The number of carbonyl (C=O) groups is 1. The lowest BCUT2D eigenvalue weighted by atomic mass is 10.1. The number of aryl methyl sites for hydroxylation is 1. The smallest absolute Gasteiger partial charge is 0.339 e. The molecule has 2 heterocycles. The van der Waals surface area contributed by atoms with Gasteiger partial charge in [-0.05, 0) is 18.6 Å². The Labute approximate surface area is 133 Å². The van der Waals surface area contributed by atoms with Gasteiger partial charge >= 0.3 is 5.63 Å². The average Bonchev–Trinajstić information content (AvgIpc) is 2.48. The van der Waals surface area contributed by atoms with Crippen LogP contribution in [0.2, 0.25) is 0 Å². The van der Waals surface area contributed by atoms with E-state index < -0.39 is 5.63 Å². The summed E-state index contributed by atoms with van der Waals surface area (Å²) in [6, 6.07) is 12.6. The first-order chi connectivity index (χ1) is 11.1. The first-order valence-electron chi connectivity index (χ1n) is 7.40. The Kier molecular flexibility index (Phi) is 4.28. The fourth-order valence-corrected chi connectivity index (χ4v) is 2.37. The molecule has 118 valence electrons. The van der Waals surface area contributed by atoms with Crippen molar-refractivity contribution in [1.29, 1.82) is 0 Å². The van der Waals surface area contributed by atoms with E-state index in [1.54, 1.807) is 30.0 Å². The highest BCUT2D eigenvalue weighted by molar-refractivity contribution is 5.92. The summed E-state index contributed by atoms with van der Waals surface area (Å²) in [6.45, 7) is 2.72. The highest BCUT2D eigenvalue weighted by atomic mass is 16.5. The lowest BCUT2D eigenvalue weighted by molar-refractivity contribution is -0.134. The molecule has 1 saturated heterocycles. The minimum atomic E-state index is -0.432. The van der Waals surface area contributed by atoms with Gasteiger partial charge in [0.25, 0.3) is 0 Å². The van der Waals surface area contributed by atoms with Crippen LogP contribution in [0.1, 0.15) is 11.3 Å². The molecule has 1 aliphatic rings. The number of carbonyl (C=O) groups excluding carboxylic acids is 1. The zero-order chi connectivity index (χ0) is 16.2. The molecular weight excluding hydrogens is 294 g/mol. The number of rotatable bonds is 4. The molecule has 1 fully saturated rings. The molecular formula is C18H17NO4. The van der Waals surface area contributed by atoms with Crippen LogP contribution in [0.4, 0.5) is 0 Å². The van der Waals surface area contributed by atoms with Gasteiger partial charge in [0.15, 0.2) is 0 Å². The maximum atomic E-state index is 12.0. The van der Waals surface area contributed by atoms with Gasteiger partial charge in [-0.1, -0.05) is 30.3 Å². The van der Waals surface area contributed by atoms with Gasteiger partial charge in [0.05, 0.1) is 19.2 Å². The Morgan fingerprint density at radius 3 is 2.70 bits per heavy atom. The second kappa shape index (κ2) is 6.52. The highest BCUT2D eigenvalue weighted by Gasteiger charge is 2.31. The van der Waals surface area contributed by atoms with Crippen LogP contribution in [0.3, 0.4) is 0 Å². The van der Waals surface area contributed by atoms with E-state index in [0.29, 0.717) is 24.6 Å². The van der Waals surface area contributed by atoms with Crippen LogP contribution in [0.25, 0.3) is 6.08 Å². The molecule has 0 radical (unpaired) electrons. The topological polar surface area (TPSA) is 59.8 Å². The van der Waals surface area contributed by atoms with Crippen molar-refractivity contribution >= 4 is 12.0 Å². The number of nitrogens with zero attached hydrogens (tertiary/aromatic N) is 1. The highest BCUT2D eigenvalue weighted by Crippen LogP contribution is 2.18. The van der Waals surface area contributed by atoms with E-state index in [2.05, 4.69) is 0 Å². The zero-order valence-corrected chi connectivity index (χ0v) is 12.8. The van der Waals surface area contributed by atoms with Crippen molar-refractivity contribution in [2.24, 2.45) is 0 Å². The molecule has 5 heteroatoms. The van der Waals surface area contributed by atoms with Crippen molar-refractivity contribution in [2.75, 3.05) is 13.1 Å². The maximum Gasteiger partial charge on any atom is 0.339 e. The van der Waals surface area contributed by atoms with E-state index in [-0.39, 0.29) is 12.0 Å². The van der Waals surface area contributed by atoms with Gasteiger partial charge in [-0.3, -0.25) is 4.79 Å². The van der Waals surface area contributed by atoms with Crippen molar-refractivity contribution in [3.8, 4) is 5.75 Å². The molecule has 0 spiro atoms. The lowest BCUT2D eigenvalue weighted by Gasteiger charge is -2.38. The van der Waals surface area contributed by atoms with E-state index in [4.69, 9.17) is 9.15 Å². The second-order valence-electron chi connectivity index (χ2n) is 5.45. The maximum absolute atomic E-state index is 12.0. The van der Waals surface area contributed by atoms with Crippen LogP contribution >= 0.6 is 0 Å². The summed E-state index contributed by atoms with van der Waals surface area (Å²) in [5, 5.41) is 0. The third-order valence-corrected chi connectivity index (χ3v) is 3.55. The Balaban J connectivity index is 1.51. The third kappa shape index (κ3) is 3.88. The molecule has 0 saturated carbocycles. The van der Waals surface area contributed by atoms with Crippen molar-refractivity contribution < 1.29 is 13.9 Å². The van der Waals surface area contributed by atoms with Gasteiger partial charge in [0.2, 0.25) is 5.91 Å². The molecule has 23 heavy (non-hydrogen) atoms. The number of amides is 1. The number of ether oxygens (including phenoxy) is 1. The zero-order valence-electron chi connectivity index (χ0n) is 12.8. The van der Waals surface area contributed by atoms with Crippen LogP contribution in [-0.4, -0.2) is 30.0 Å². The molecule has 0 aliphatic carbocycles. The third-order valence-electron chi connectivity index (χ3n) is 3.55. The second-order valence-corrected chi connectivity index (χ2v) is 5.45. The molecule has 0 N–H and O–H groups in total. The number of hydrogen-bond acceptors (Lipinski definition) is 4. The van der Waals surface area contributed by atoms with Crippen molar-refractivity contribution in [1.82, 2.24) is 4.90 Å². The van der Waals surface area contributed by atoms with Crippen LogP contribution in [-0.2, 0) is 4.79 Å². The molecule has 0 unspecified atom stereocenters. The molecule has 1 aromatic heterocycles. The largest absolute Gasteiger partial charge is 0.486 e. The fourth-order valence-electron chi connectivity index (χ4n) is 2.37. The molecule has 2 aromatic rings. The number of likely N-dealkylation sites (tertiary alicyclic amines) is 1. The summed E-state index contributed by atoms with van der Waals surface area (Å²) in [7, 11) is 0. The fraction of sp³-hybridized carbons (Fsp3) is 0.222. The molecule has 5 nitrogen and oxygen atoms in total. The van der Waals surface area contributed by atoms with E-state index in [0.717, 1.165) is 5.56 Å². The minimum absolute atomic E-state index is 0.0440. The summed E-state index contributed by atoms with van der Waals surface area (Å²) < 4.78 is 10.6.